The molecule has 3 rings (SSSR count). The average Bonchev–Trinajstić information content (AvgIpc) is 2.84. The second-order valence-corrected chi connectivity index (χ2v) is 4.23. The Labute approximate surface area is 114 Å². The van der Waals surface area contributed by atoms with Crippen molar-refractivity contribution in [2.75, 3.05) is 0 Å². The number of nitrogens with two attached hydrogens (primary N) is 1. The molecule has 0 unspecified atom stereocenters. The molecular weight excluding hydrogens is 258 g/mol. The summed E-state index contributed by atoms with van der Waals surface area (Å²) in [4.78, 5) is 19.5. The molecule has 0 aliphatic rings. The summed E-state index contributed by atoms with van der Waals surface area (Å²) >= 11 is 0. The molecule has 20 heavy (non-hydrogen) atoms. The largest absolute Gasteiger partial charge is 0.410 e. The molecule has 0 aliphatic heterocycles. The van der Waals surface area contributed by atoms with Crippen molar-refractivity contribution >= 4 is 17.1 Å². The first-order chi connectivity index (χ1) is 9.61. The summed E-state index contributed by atoms with van der Waals surface area (Å²) in [6, 6.07) is 4.95. The lowest BCUT2D eigenvalue weighted by Gasteiger charge is -2.03. The molecule has 2 heterocycles. The van der Waals surface area contributed by atoms with Gasteiger partial charge in [-0.05, 0) is 12.1 Å². The SMILES string of the molecule is Cn1cc(-c2cnc3ccc(OC(N)=O)cc3n2)cn1. The maximum absolute atomic E-state index is 10.7. The van der Waals surface area contributed by atoms with Crippen molar-refractivity contribution in [3.05, 3.63) is 36.8 Å². The Balaban J connectivity index is 2.06. The van der Waals surface area contributed by atoms with Crippen molar-refractivity contribution < 1.29 is 9.53 Å². The molecule has 0 atom stereocenters. The van der Waals surface area contributed by atoms with E-state index in [-0.39, 0.29) is 0 Å². The Morgan fingerprint density at radius 3 is 2.85 bits per heavy atom. The summed E-state index contributed by atoms with van der Waals surface area (Å²) < 4.78 is 6.51. The monoisotopic (exact) mass is 269 g/mol. The van der Waals surface area contributed by atoms with Gasteiger partial charge in [0.15, 0.2) is 0 Å². The fraction of sp³-hybridized carbons (Fsp3) is 0.0769. The Morgan fingerprint density at radius 2 is 2.15 bits per heavy atom. The van der Waals surface area contributed by atoms with Gasteiger partial charge in [0.25, 0.3) is 0 Å². The lowest BCUT2D eigenvalue weighted by atomic mass is 10.2. The molecule has 7 heteroatoms. The van der Waals surface area contributed by atoms with Crippen molar-refractivity contribution in [1.29, 1.82) is 0 Å². The van der Waals surface area contributed by atoms with Crippen LogP contribution in [0, 0.1) is 0 Å². The van der Waals surface area contributed by atoms with E-state index in [9.17, 15) is 4.79 Å². The Hall–Kier alpha value is -2.96. The van der Waals surface area contributed by atoms with Gasteiger partial charge < -0.3 is 10.5 Å². The second-order valence-electron chi connectivity index (χ2n) is 4.23. The van der Waals surface area contributed by atoms with E-state index in [2.05, 4.69) is 15.1 Å². The number of fused-ring (bicyclic) bond motifs is 1. The number of primary amides is 1. The van der Waals surface area contributed by atoms with Gasteiger partial charge in [-0.2, -0.15) is 5.10 Å². The molecule has 2 N–H and O–H groups in total. The van der Waals surface area contributed by atoms with Gasteiger partial charge in [-0.1, -0.05) is 0 Å². The molecule has 7 nitrogen and oxygen atoms in total. The number of rotatable bonds is 2. The topological polar surface area (TPSA) is 95.9 Å². The molecule has 0 saturated carbocycles. The Kier molecular flexibility index (Phi) is 2.79. The average molecular weight is 269 g/mol. The molecular formula is C13H11N5O2. The van der Waals surface area contributed by atoms with Crippen molar-refractivity contribution in [2.45, 2.75) is 0 Å². The quantitative estimate of drug-likeness (QED) is 0.760. The van der Waals surface area contributed by atoms with Crippen LogP contribution in [0.2, 0.25) is 0 Å². The minimum absolute atomic E-state index is 0.336. The number of hydrogen-bond acceptors (Lipinski definition) is 5. The van der Waals surface area contributed by atoms with Crippen molar-refractivity contribution in [1.82, 2.24) is 19.7 Å². The molecule has 100 valence electrons. The smallest absolute Gasteiger partial charge is 0.409 e. The first kappa shape index (κ1) is 12.1. The van der Waals surface area contributed by atoms with Crippen LogP contribution in [-0.4, -0.2) is 25.8 Å². The van der Waals surface area contributed by atoms with E-state index in [1.165, 1.54) is 0 Å². The van der Waals surface area contributed by atoms with Crippen LogP contribution in [0.3, 0.4) is 0 Å². The number of benzene rings is 1. The third kappa shape index (κ3) is 2.28. The predicted molar refractivity (Wildman–Crippen MR) is 72.0 cm³/mol. The molecule has 1 aromatic carbocycles. The van der Waals surface area contributed by atoms with Crippen molar-refractivity contribution in [2.24, 2.45) is 12.8 Å². The van der Waals surface area contributed by atoms with Gasteiger partial charge in [0, 0.05) is 24.9 Å². The summed E-state index contributed by atoms with van der Waals surface area (Å²) in [5, 5.41) is 4.09. The van der Waals surface area contributed by atoms with Crippen LogP contribution in [0.5, 0.6) is 5.75 Å². The van der Waals surface area contributed by atoms with E-state index in [0.717, 1.165) is 5.56 Å². The predicted octanol–water partition coefficient (Wildman–Crippen LogP) is 1.49. The molecule has 0 saturated heterocycles. The van der Waals surface area contributed by atoms with E-state index < -0.39 is 6.09 Å². The molecule has 1 amide bonds. The van der Waals surface area contributed by atoms with Crippen LogP contribution in [0.1, 0.15) is 0 Å². The van der Waals surface area contributed by atoms with E-state index in [1.54, 1.807) is 35.3 Å². The highest BCUT2D eigenvalue weighted by molar-refractivity contribution is 5.79. The summed E-state index contributed by atoms with van der Waals surface area (Å²) in [6.07, 6.45) is 4.37. The van der Waals surface area contributed by atoms with Crippen LogP contribution < -0.4 is 10.5 Å². The number of ether oxygens (including phenoxy) is 1. The van der Waals surface area contributed by atoms with Gasteiger partial charge >= 0.3 is 6.09 Å². The number of carbonyl (C=O) groups is 1. The number of amides is 1. The maximum atomic E-state index is 10.7. The van der Waals surface area contributed by atoms with Crippen molar-refractivity contribution in [3.63, 3.8) is 0 Å². The minimum Gasteiger partial charge on any atom is -0.410 e. The number of hydrogen-bond donors (Lipinski definition) is 1. The third-order valence-electron chi connectivity index (χ3n) is 2.73. The van der Waals surface area contributed by atoms with Gasteiger partial charge in [-0.15, -0.1) is 0 Å². The summed E-state index contributed by atoms with van der Waals surface area (Å²) in [6.45, 7) is 0. The maximum Gasteiger partial charge on any atom is 0.409 e. The molecule has 0 radical (unpaired) electrons. The fourth-order valence-corrected chi connectivity index (χ4v) is 1.86. The molecule has 0 spiro atoms. The number of aromatic nitrogens is 4. The Morgan fingerprint density at radius 1 is 1.30 bits per heavy atom. The van der Waals surface area contributed by atoms with E-state index in [0.29, 0.717) is 22.5 Å². The number of nitrogens with zero attached hydrogens (tertiary/aromatic N) is 4. The first-order valence-electron chi connectivity index (χ1n) is 5.85. The standard InChI is InChI=1S/C13H11N5O2/c1-18-7-8(5-16-18)12-6-15-10-3-2-9(20-13(14)19)4-11(10)17-12/h2-7H,1H3,(H2,14,19). The zero-order valence-electron chi connectivity index (χ0n) is 10.6. The Bertz CT molecular complexity index is 796. The van der Waals surface area contributed by atoms with Crippen LogP contribution >= 0.6 is 0 Å². The summed E-state index contributed by atoms with van der Waals surface area (Å²) in [7, 11) is 1.83. The van der Waals surface area contributed by atoms with E-state index in [4.69, 9.17) is 10.5 Å². The lowest BCUT2D eigenvalue weighted by Crippen LogP contribution is -2.16. The van der Waals surface area contributed by atoms with Crippen LogP contribution in [0.4, 0.5) is 4.79 Å². The zero-order chi connectivity index (χ0) is 14.1. The van der Waals surface area contributed by atoms with E-state index in [1.807, 2.05) is 13.2 Å². The summed E-state index contributed by atoms with van der Waals surface area (Å²) in [5.41, 5.74) is 7.86. The van der Waals surface area contributed by atoms with Gasteiger partial charge in [-0.25, -0.2) is 9.78 Å². The van der Waals surface area contributed by atoms with Crippen molar-refractivity contribution in [3.8, 4) is 17.0 Å². The molecule has 0 aliphatic carbocycles. The molecule has 3 aromatic rings. The second kappa shape index (κ2) is 4.61. The third-order valence-corrected chi connectivity index (χ3v) is 2.73. The first-order valence-corrected chi connectivity index (χ1v) is 5.85. The van der Waals surface area contributed by atoms with Crippen LogP contribution in [0.15, 0.2) is 36.8 Å². The minimum atomic E-state index is -0.860. The molecule has 0 bridgehead atoms. The number of carbonyl (C=O) groups excluding carboxylic acids is 1. The highest BCUT2D eigenvalue weighted by Crippen LogP contribution is 2.21. The normalized spacial score (nSPS) is 10.7. The van der Waals surface area contributed by atoms with Gasteiger partial charge in [0.2, 0.25) is 0 Å². The zero-order valence-corrected chi connectivity index (χ0v) is 10.6. The van der Waals surface area contributed by atoms with Gasteiger partial charge in [0.05, 0.1) is 29.1 Å². The van der Waals surface area contributed by atoms with E-state index >= 15 is 0 Å². The van der Waals surface area contributed by atoms with Gasteiger partial charge in [-0.3, -0.25) is 9.67 Å². The molecule has 0 fully saturated rings. The van der Waals surface area contributed by atoms with Crippen LogP contribution in [0.25, 0.3) is 22.3 Å². The number of aryl methyl sites for hydroxylation is 1. The lowest BCUT2D eigenvalue weighted by molar-refractivity contribution is 0.211. The highest BCUT2D eigenvalue weighted by Gasteiger charge is 2.06. The fourth-order valence-electron chi connectivity index (χ4n) is 1.86. The summed E-state index contributed by atoms with van der Waals surface area (Å²) in [5.74, 6) is 0.336. The van der Waals surface area contributed by atoms with Gasteiger partial charge in [0.1, 0.15) is 5.75 Å². The molecule has 2 aromatic heterocycles. The van der Waals surface area contributed by atoms with Crippen LogP contribution in [-0.2, 0) is 7.05 Å². The highest BCUT2D eigenvalue weighted by atomic mass is 16.5.